The molecule has 2 aliphatic rings. The fourth-order valence-corrected chi connectivity index (χ4v) is 3.86. The summed E-state index contributed by atoms with van der Waals surface area (Å²) in [7, 11) is 0. The molecule has 1 amide bonds. The van der Waals surface area contributed by atoms with Crippen LogP contribution in [-0.4, -0.2) is 42.6 Å². The molecule has 3 aromatic heterocycles. The van der Waals surface area contributed by atoms with Crippen LogP contribution < -0.4 is 10.1 Å². The Hall–Kier alpha value is -3.00. The Kier molecular flexibility index (Phi) is 4.86. The molecule has 2 saturated carbocycles. The molecule has 0 bridgehead atoms. The van der Waals surface area contributed by atoms with Gasteiger partial charge in [-0.05, 0) is 51.5 Å². The molecule has 8 nitrogen and oxygen atoms in total. The topological polar surface area (TPSA) is 102 Å². The molecule has 2 fully saturated rings. The van der Waals surface area contributed by atoms with Crippen LogP contribution in [0.2, 0.25) is 0 Å². The number of anilines is 1. The summed E-state index contributed by atoms with van der Waals surface area (Å²) in [6, 6.07) is 1.97. The van der Waals surface area contributed by atoms with Gasteiger partial charge >= 0.3 is 0 Å². The first kappa shape index (κ1) is 19.0. The molecular formula is C22H25N5O3. The number of hydrogen-bond donors (Lipinski definition) is 2. The van der Waals surface area contributed by atoms with Crippen LogP contribution in [0, 0.1) is 12.8 Å². The summed E-state index contributed by atoms with van der Waals surface area (Å²) in [5, 5.41) is 12.6. The van der Waals surface area contributed by atoms with Gasteiger partial charge in [0, 0.05) is 23.4 Å². The summed E-state index contributed by atoms with van der Waals surface area (Å²) >= 11 is 0. The Bertz CT molecular complexity index is 1080. The fourth-order valence-electron chi connectivity index (χ4n) is 3.86. The molecule has 2 aliphatic carbocycles. The van der Waals surface area contributed by atoms with Crippen LogP contribution in [0.1, 0.15) is 44.2 Å². The maximum Gasteiger partial charge on any atom is 0.228 e. The highest BCUT2D eigenvalue weighted by atomic mass is 16.5. The van der Waals surface area contributed by atoms with E-state index in [1.807, 2.05) is 23.6 Å². The van der Waals surface area contributed by atoms with Crippen molar-refractivity contribution in [3.05, 3.63) is 36.5 Å². The van der Waals surface area contributed by atoms with E-state index in [1.54, 1.807) is 18.6 Å². The zero-order valence-electron chi connectivity index (χ0n) is 16.9. The number of carbonyl (C=O) groups is 1. The quantitative estimate of drug-likeness (QED) is 0.674. The molecule has 3 heterocycles. The summed E-state index contributed by atoms with van der Waals surface area (Å²) in [5.74, 6) is 1.39. The maximum absolute atomic E-state index is 12.0. The lowest BCUT2D eigenvalue weighted by atomic mass is 9.95. The Morgan fingerprint density at radius 3 is 2.70 bits per heavy atom. The van der Waals surface area contributed by atoms with Crippen molar-refractivity contribution < 1.29 is 14.6 Å². The lowest BCUT2D eigenvalue weighted by Crippen LogP contribution is -2.26. The van der Waals surface area contributed by atoms with E-state index < -0.39 is 0 Å². The molecule has 0 aromatic carbocycles. The number of imidazole rings is 1. The molecule has 156 valence electrons. The van der Waals surface area contributed by atoms with Gasteiger partial charge in [-0.2, -0.15) is 0 Å². The number of fused-ring (bicyclic) bond motifs is 1. The highest BCUT2D eigenvalue weighted by Gasteiger charge is 2.30. The van der Waals surface area contributed by atoms with Crippen LogP contribution in [0.4, 0.5) is 5.82 Å². The number of amides is 1. The first-order chi connectivity index (χ1) is 14.5. The van der Waals surface area contributed by atoms with E-state index in [9.17, 15) is 9.90 Å². The number of rotatable bonds is 5. The minimum atomic E-state index is -0.222. The Morgan fingerprint density at radius 2 is 1.93 bits per heavy atom. The van der Waals surface area contributed by atoms with Gasteiger partial charge < -0.3 is 19.6 Å². The molecule has 0 aliphatic heterocycles. The third kappa shape index (κ3) is 4.00. The van der Waals surface area contributed by atoms with Gasteiger partial charge in [-0.25, -0.2) is 4.98 Å². The number of aliphatic hydroxyl groups is 1. The van der Waals surface area contributed by atoms with Gasteiger partial charge in [0.1, 0.15) is 5.75 Å². The molecule has 2 N–H and O–H groups in total. The molecule has 3 aromatic rings. The summed E-state index contributed by atoms with van der Waals surface area (Å²) < 4.78 is 8.11. The van der Waals surface area contributed by atoms with Gasteiger partial charge in [0.15, 0.2) is 11.5 Å². The number of aliphatic hydroxyl groups excluding tert-OH is 1. The number of hydrogen-bond acceptors (Lipinski definition) is 6. The van der Waals surface area contributed by atoms with Gasteiger partial charge in [0.05, 0.1) is 36.5 Å². The monoisotopic (exact) mass is 407 g/mol. The SMILES string of the molecule is Cc1cc(-c2cn3cc(NC(=O)C4CC4)nc3cn2)c(OC2CCC(O)CC2)cn1. The minimum Gasteiger partial charge on any atom is -0.488 e. The van der Waals surface area contributed by atoms with Gasteiger partial charge in [0.25, 0.3) is 0 Å². The van der Waals surface area contributed by atoms with E-state index in [2.05, 4.69) is 20.3 Å². The first-order valence-corrected chi connectivity index (χ1v) is 10.5. The van der Waals surface area contributed by atoms with Crippen molar-refractivity contribution in [2.75, 3.05) is 5.32 Å². The standard InChI is InChI=1S/C22H25N5O3/c1-13-8-17(19(9-23-13)30-16-6-4-15(28)5-7-16)18-11-27-12-20(25-21(27)10-24-18)26-22(29)14-2-3-14/h8-12,14-16,28H,2-7H2,1H3,(H,26,29). The molecule has 30 heavy (non-hydrogen) atoms. The average molecular weight is 407 g/mol. The number of aryl methyl sites for hydroxylation is 1. The molecule has 0 radical (unpaired) electrons. The second kappa shape index (κ2) is 7.68. The van der Waals surface area contributed by atoms with Crippen LogP contribution >= 0.6 is 0 Å². The van der Waals surface area contributed by atoms with Crippen molar-refractivity contribution in [2.24, 2.45) is 5.92 Å². The number of nitrogens with one attached hydrogen (secondary N) is 1. The van der Waals surface area contributed by atoms with E-state index in [1.165, 1.54) is 0 Å². The highest BCUT2D eigenvalue weighted by Crippen LogP contribution is 2.33. The third-order valence-corrected chi connectivity index (χ3v) is 5.76. The van der Waals surface area contributed by atoms with Crippen LogP contribution in [0.3, 0.4) is 0 Å². The predicted molar refractivity (Wildman–Crippen MR) is 111 cm³/mol. The van der Waals surface area contributed by atoms with Crippen LogP contribution in [-0.2, 0) is 4.79 Å². The molecule has 0 spiro atoms. The van der Waals surface area contributed by atoms with Crippen molar-refractivity contribution in [1.82, 2.24) is 19.4 Å². The Morgan fingerprint density at radius 1 is 1.13 bits per heavy atom. The first-order valence-electron chi connectivity index (χ1n) is 10.5. The van der Waals surface area contributed by atoms with E-state index >= 15 is 0 Å². The van der Waals surface area contributed by atoms with Crippen molar-refractivity contribution in [1.29, 1.82) is 0 Å². The van der Waals surface area contributed by atoms with Gasteiger partial charge in [-0.3, -0.25) is 14.8 Å². The van der Waals surface area contributed by atoms with Gasteiger partial charge in [-0.1, -0.05) is 0 Å². The number of carbonyl (C=O) groups excluding carboxylic acids is 1. The maximum atomic E-state index is 12.0. The molecule has 5 rings (SSSR count). The molecule has 8 heteroatoms. The second-order valence-electron chi connectivity index (χ2n) is 8.30. The Labute approximate surface area is 174 Å². The summed E-state index contributed by atoms with van der Waals surface area (Å²) in [4.78, 5) is 25.4. The summed E-state index contributed by atoms with van der Waals surface area (Å²) in [6.45, 7) is 1.94. The lowest BCUT2D eigenvalue weighted by Gasteiger charge is -2.27. The largest absolute Gasteiger partial charge is 0.488 e. The lowest BCUT2D eigenvalue weighted by molar-refractivity contribution is -0.117. The van der Waals surface area contributed by atoms with Crippen LogP contribution in [0.5, 0.6) is 5.75 Å². The molecule has 0 saturated heterocycles. The average Bonchev–Trinajstić information content (AvgIpc) is 3.51. The van der Waals surface area contributed by atoms with E-state index in [4.69, 9.17) is 4.74 Å². The number of aromatic nitrogens is 4. The summed E-state index contributed by atoms with van der Waals surface area (Å²) in [6.07, 6.45) is 12.1. The summed E-state index contributed by atoms with van der Waals surface area (Å²) in [5.41, 5.74) is 3.16. The molecule has 0 atom stereocenters. The van der Waals surface area contributed by atoms with Gasteiger partial charge in [0.2, 0.25) is 5.91 Å². The number of ether oxygens (including phenoxy) is 1. The van der Waals surface area contributed by atoms with E-state index in [0.29, 0.717) is 17.2 Å². The van der Waals surface area contributed by atoms with E-state index in [0.717, 1.165) is 55.5 Å². The van der Waals surface area contributed by atoms with Gasteiger partial charge in [-0.15, -0.1) is 0 Å². The van der Waals surface area contributed by atoms with Crippen molar-refractivity contribution in [3.63, 3.8) is 0 Å². The highest BCUT2D eigenvalue weighted by molar-refractivity contribution is 5.93. The zero-order valence-corrected chi connectivity index (χ0v) is 16.9. The fraction of sp³-hybridized carbons (Fsp3) is 0.455. The van der Waals surface area contributed by atoms with Crippen LogP contribution in [0.25, 0.3) is 16.9 Å². The number of pyridine rings is 1. The number of nitrogens with zero attached hydrogens (tertiary/aromatic N) is 4. The van der Waals surface area contributed by atoms with Crippen LogP contribution in [0.15, 0.2) is 30.9 Å². The van der Waals surface area contributed by atoms with Crippen molar-refractivity contribution in [3.8, 4) is 17.0 Å². The normalized spacial score (nSPS) is 21.5. The van der Waals surface area contributed by atoms with Crippen molar-refractivity contribution >= 4 is 17.4 Å². The molecule has 0 unspecified atom stereocenters. The molecular weight excluding hydrogens is 382 g/mol. The zero-order chi connectivity index (χ0) is 20.7. The van der Waals surface area contributed by atoms with Crippen molar-refractivity contribution in [2.45, 2.75) is 57.7 Å². The second-order valence-corrected chi connectivity index (χ2v) is 8.30. The smallest absolute Gasteiger partial charge is 0.228 e. The third-order valence-electron chi connectivity index (χ3n) is 5.76. The minimum absolute atomic E-state index is 0.0321. The predicted octanol–water partition coefficient (Wildman–Crippen LogP) is 3.13. The Balaban J connectivity index is 1.42. The van der Waals surface area contributed by atoms with E-state index in [-0.39, 0.29) is 24.0 Å².